The Labute approximate surface area is 170 Å². The third-order valence-electron chi connectivity index (χ3n) is 4.39. The zero-order chi connectivity index (χ0) is 19.7. The molecular formula is C22H17BrN2O3. The Morgan fingerprint density at radius 1 is 1.14 bits per heavy atom. The van der Waals surface area contributed by atoms with E-state index >= 15 is 0 Å². The molecule has 0 bridgehead atoms. The first kappa shape index (κ1) is 18.3. The topological polar surface area (TPSA) is 67.9 Å². The Bertz CT molecular complexity index is 1200. The summed E-state index contributed by atoms with van der Waals surface area (Å²) in [7, 11) is 1.51. The summed E-state index contributed by atoms with van der Waals surface area (Å²) in [6, 6.07) is 17.0. The monoisotopic (exact) mass is 436 g/mol. The van der Waals surface area contributed by atoms with E-state index < -0.39 is 0 Å². The van der Waals surface area contributed by atoms with Crippen LogP contribution < -0.4 is 4.74 Å². The van der Waals surface area contributed by atoms with Gasteiger partial charge in [-0.2, -0.15) is 0 Å². The minimum Gasteiger partial charge on any atom is -0.504 e. The lowest BCUT2D eigenvalue weighted by atomic mass is 10.1. The van der Waals surface area contributed by atoms with Gasteiger partial charge in [0.1, 0.15) is 5.52 Å². The van der Waals surface area contributed by atoms with Gasteiger partial charge in [0.05, 0.1) is 12.8 Å². The molecule has 3 aromatic carbocycles. The molecule has 0 amide bonds. The highest BCUT2D eigenvalue weighted by Crippen LogP contribution is 2.33. The van der Waals surface area contributed by atoms with Crippen molar-refractivity contribution in [3.8, 4) is 23.0 Å². The first-order chi connectivity index (χ1) is 13.5. The van der Waals surface area contributed by atoms with Gasteiger partial charge in [0.15, 0.2) is 17.1 Å². The Morgan fingerprint density at radius 2 is 1.96 bits per heavy atom. The zero-order valence-electron chi connectivity index (χ0n) is 15.3. The standard InChI is InChI=1S/C22H17BrN2O3/c1-13-5-3-4-6-17(13)22-25-18-11-16(7-8-19(18)28-22)24-12-14-9-15(23)10-20(27-2)21(14)26/h3-12,26H,1-2H3. The number of aryl methyl sites for hydroxylation is 1. The normalized spacial score (nSPS) is 11.4. The van der Waals surface area contributed by atoms with Crippen molar-refractivity contribution in [2.45, 2.75) is 6.92 Å². The van der Waals surface area contributed by atoms with Crippen LogP contribution >= 0.6 is 15.9 Å². The fourth-order valence-corrected chi connectivity index (χ4v) is 3.37. The van der Waals surface area contributed by atoms with Crippen molar-refractivity contribution in [1.82, 2.24) is 4.98 Å². The van der Waals surface area contributed by atoms with Crippen LogP contribution in [0.5, 0.6) is 11.5 Å². The van der Waals surface area contributed by atoms with E-state index in [-0.39, 0.29) is 5.75 Å². The van der Waals surface area contributed by atoms with E-state index in [4.69, 9.17) is 9.15 Å². The SMILES string of the molecule is COc1cc(Br)cc(C=Nc2ccc3oc(-c4ccccc4C)nc3c2)c1O. The number of phenols is 1. The Hall–Kier alpha value is -3.12. The number of rotatable bonds is 4. The minimum absolute atomic E-state index is 0.0406. The lowest BCUT2D eigenvalue weighted by molar-refractivity contribution is 0.373. The molecule has 4 aromatic rings. The van der Waals surface area contributed by atoms with Gasteiger partial charge in [-0.15, -0.1) is 0 Å². The predicted molar refractivity (Wildman–Crippen MR) is 114 cm³/mol. The number of hydrogen-bond acceptors (Lipinski definition) is 5. The van der Waals surface area contributed by atoms with E-state index in [0.29, 0.717) is 28.5 Å². The second kappa shape index (κ2) is 7.48. The molecule has 0 saturated heterocycles. The fourth-order valence-electron chi connectivity index (χ4n) is 2.92. The number of fused-ring (bicyclic) bond motifs is 1. The van der Waals surface area contributed by atoms with Gasteiger partial charge in [-0.25, -0.2) is 4.98 Å². The van der Waals surface area contributed by atoms with Crippen LogP contribution in [0.1, 0.15) is 11.1 Å². The van der Waals surface area contributed by atoms with E-state index in [9.17, 15) is 5.11 Å². The molecule has 0 aliphatic rings. The van der Waals surface area contributed by atoms with Crippen molar-refractivity contribution >= 4 is 38.9 Å². The maximum atomic E-state index is 10.3. The van der Waals surface area contributed by atoms with Crippen molar-refractivity contribution in [1.29, 1.82) is 0 Å². The molecule has 6 heteroatoms. The molecule has 0 fully saturated rings. The summed E-state index contributed by atoms with van der Waals surface area (Å²) in [4.78, 5) is 9.06. The predicted octanol–water partition coefficient (Wildman–Crippen LogP) is 6.03. The van der Waals surface area contributed by atoms with Crippen molar-refractivity contribution < 1.29 is 14.3 Å². The van der Waals surface area contributed by atoms with Crippen molar-refractivity contribution in [2.24, 2.45) is 4.99 Å². The third kappa shape index (κ3) is 3.51. The molecular weight excluding hydrogens is 420 g/mol. The van der Waals surface area contributed by atoms with Crippen LogP contribution in [0, 0.1) is 6.92 Å². The summed E-state index contributed by atoms with van der Waals surface area (Å²) < 4.78 is 11.8. The van der Waals surface area contributed by atoms with Gasteiger partial charge in [0.2, 0.25) is 5.89 Å². The number of aliphatic imine (C=N–C) groups is 1. The van der Waals surface area contributed by atoms with Crippen molar-refractivity contribution in [3.63, 3.8) is 0 Å². The number of methoxy groups -OCH3 is 1. The van der Waals surface area contributed by atoms with E-state index in [1.165, 1.54) is 7.11 Å². The van der Waals surface area contributed by atoms with Gasteiger partial charge in [0.25, 0.3) is 0 Å². The first-order valence-corrected chi connectivity index (χ1v) is 9.41. The molecule has 5 nitrogen and oxygen atoms in total. The second-order valence-electron chi connectivity index (χ2n) is 6.29. The molecule has 0 aliphatic heterocycles. The molecule has 140 valence electrons. The smallest absolute Gasteiger partial charge is 0.227 e. The van der Waals surface area contributed by atoms with Gasteiger partial charge in [-0.1, -0.05) is 34.1 Å². The Kier molecular flexibility index (Phi) is 4.88. The molecule has 0 radical (unpaired) electrons. The summed E-state index contributed by atoms with van der Waals surface area (Å²) in [5.41, 5.74) is 4.75. The Balaban J connectivity index is 1.68. The molecule has 1 aromatic heterocycles. The Morgan fingerprint density at radius 3 is 2.75 bits per heavy atom. The molecule has 0 unspecified atom stereocenters. The molecule has 1 heterocycles. The number of hydrogen-bond donors (Lipinski definition) is 1. The van der Waals surface area contributed by atoms with Crippen LogP contribution in [0.25, 0.3) is 22.6 Å². The largest absolute Gasteiger partial charge is 0.504 e. The first-order valence-electron chi connectivity index (χ1n) is 8.62. The van der Waals surface area contributed by atoms with Crippen molar-refractivity contribution in [2.75, 3.05) is 7.11 Å². The molecule has 1 N–H and O–H groups in total. The fraction of sp³-hybridized carbons (Fsp3) is 0.0909. The zero-order valence-corrected chi connectivity index (χ0v) is 16.9. The number of benzene rings is 3. The number of phenolic OH excluding ortho intramolecular Hbond substituents is 1. The number of nitrogens with zero attached hydrogens (tertiary/aromatic N) is 2. The lowest BCUT2D eigenvalue weighted by Gasteiger charge is -2.06. The number of oxazole rings is 1. The number of halogens is 1. The van der Waals surface area contributed by atoms with Crippen molar-refractivity contribution in [3.05, 3.63) is 70.2 Å². The molecule has 28 heavy (non-hydrogen) atoms. The van der Waals surface area contributed by atoms with Crippen LogP contribution in [0.3, 0.4) is 0 Å². The van der Waals surface area contributed by atoms with Crippen LogP contribution in [0.2, 0.25) is 0 Å². The summed E-state index contributed by atoms with van der Waals surface area (Å²) in [6.45, 7) is 2.03. The quantitative estimate of drug-likeness (QED) is 0.396. The summed E-state index contributed by atoms with van der Waals surface area (Å²) >= 11 is 3.40. The van der Waals surface area contributed by atoms with Crippen LogP contribution in [-0.4, -0.2) is 23.4 Å². The number of ether oxygens (including phenoxy) is 1. The molecule has 0 atom stereocenters. The molecule has 4 rings (SSSR count). The summed E-state index contributed by atoms with van der Waals surface area (Å²) in [6.07, 6.45) is 1.59. The maximum Gasteiger partial charge on any atom is 0.227 e. The van der Waals surface area contributed by atoms with Crippen LogP contribution in [0.4, 0.5) is 5.69 Å². The second-order valence-corrected chi connectivity index (χ2v) is 7.21. The minimum atomic E-state index is 0.0406. The van der Waals surface area contributed by atoms with Crippen LogP contribution in [0.15, 0.2) is 68.5 Å². The highest BCUT2D eigenvalue weighted by molar-refractivity contribution is 9.10. The van der Waals surface area contributed by atoms with Gasteiger partial charge < -0.3 is 14.3 Å². The molecule has 0 saturated carbocycles. The molecule has 0 spiro atoms. The van der Waals surface area contributed by atoms with Gasteiger partial charge in [-0.3, -0.25) is 4.99 Å². The lowest BCUT2D eigenvalue weighted by Crippen LogP contribution is -1.89. The average molecular weight is 437 g/mol. The average Bonchev–Trinajstić information content (AvgIpc) is 3.11. The van der Waals surface area contributed by atoms with E-state index in [0.717, 1.165) is 21.1 Å². The van der Waals surface area contributed by atoms with E-state index in [1.54, 1.807) is 18.3 Å². The third-order valence-corrected chi connectivity index (χ3v) is 4.85. The van der Waals surface area contributed by atoms with E-state index in [1.807, 2.05) is 49.4 Å². The van der Waals surface area contributed by atoms with Gasteiger partial charge >= 0.3 is 0 Å². The highest BCUT2D eigenvalue weighted by Gasteiger charge is 2.11. The highest BCUT2D eigenvalue weighted by atomic mass is 79.9. The van der Waals surface area contributed by atoms with E-state index in [2.05, 4.69) is 25.9 Å². The number of aromatic hydroxyl groups is 1. The summed E-state index contributed by atoms with van der Waals surface area (Å²) in [5, 5.41) is 10.3. The maximum absolute atomic E-state index is 10.3. The molecule has 0 aliphatic carbocycles. The van der Waals surface area contributed by atoms with Gasteiger partial charge in [0, 0.05) is 21.8 Å². The summed E-state index contributed by atoms with van der Waals surface area (Å²) in [5.74, 6) is 1.01. The number of aromatic nitrogens is 1. The van der Waals surface area contributed by atoms with Gasteiger partial charge in [-0.05, 0) is 48.9 Å². The van der Waals surface area contributed by atoms with Crippen LogP contribution in [-0.2, 0) is 0 Å².